The van der Waals surface area contributed by atoms with Crippen LogP contribution in [-0.4, -0.2) is 13.1 Å². The van der Waals surface area contributed by atoms with Gasteiger partial charge >= 0.3 is 6.18 Å². The first-order valence-electron chi connectivity index (χ1n) is 6.84. The van der Waals surface area contributed by atoms with Crippen molar-refractivity contribution < 1.29 is 13.2 Å². The summed E-state index contributed by atoms with van der Waals surface area (Å²) in [5.41, 5.74) is 0.400. The van der Waals surface area contributed by atoms with E-state index >= 15 is 0 Å². The second-order valence-electron chi connectivity index (χ2n) is 5.34. The van der Waals surface area contributed by atoms with Gasteiger partial charge in [0.05, 0.1) is 5.56 Å². The molecule has 0 bridgehead atoms. The van der Waals surface area contributed by atoms with Gasteiger partial charge in [-0.3, -0.25) is 0 Å². The fraction of sp³-hybridized carbons (Fsp3) is 0.600. The molecule has 106 valence electrons. The maximum atomic E-state index is 12.5. The molecule has 1 saturated carbocycles. The van der Waals surface area contributed by atoms with E-state index in [2.05, 4.69) is 5.32 Å². The maximum Gasteiger partial charge on any atom is 0.416 e. The summed E-state index contributed by atoms with van der Waals surface area (Å²) >= 11 is 0. The monoisotopic (exact) mass is 271 g/mol. The van der Waals surface area contributed by atoms with Gasteiger partial charge in [0, 0.05) is 6.04 Å². The number of alkyl halides is 3. The Bertz CT molecular complexity index is 391. The van der Waals surface area contributed by atoms with Crippen LogP contribution in [0.2, 0.25) is 0 Å². The van der Waals surface area contributed by atoms with Gasteiger partial charge in [-0.15, -0.1) is 0 Å². The zero-order valence-electron chi connectivity index (χ0n) is 11.1. The molecule has 1 fully saturated rings. The van der Waals surface area contributed by atoms with E-state index in [9.17, 15) is 13.2 Å². The van der Waals surface area contributed by atoms with Crippen LogP contribution in [0.1, 0.15) is 36.8 Å². The van der Waals surface area contributed by atoms with E-state index in [1.807, 2.05) is 7.05 Å². The average molecular weight is 271 g/mol. The van der Waals surface area contributed by atoms with Gasteiger partial charge in [0.25, 0.3) is 0 Å². The molecule has 1 aliphatic rings. The van der Waals surface area contributed by atoms with E-state index in [1.54, 1.807) is 12.1 Å². The summed E-state index contributed by atoms with van der Waals surface area (Å²) in [6.07, 6.45) is 1.57. The minimum absolute atomic E-state index is 0.374. The van der Waals surface area contributed by atoms with Gasteiger partial charge in [-0.05, 0) is 49.9 Å². The Balaban J connectivity index is 2.01. The van der Waals surface area contributed by atoms with Crippen molar-refractivity contribution in [1.29, 1.82) is 0 Å². The van der Waals surface area contributed by atoms with Crippen LogP contribution >= 0.6 is 0 Å². The first-order chi connectivity index (χ1) is 9.00. The molecule has 0 aliphatic heterocycles. The number of likely N-dealkylation sites (N-methyl/N-ethyl adjacent to an activating group) is 1. The van der Waals surface area contributed by atoms with Crippen molar-refractivity contribution in [3.8, 4) is 0 Å². The summed E-state index contributed by atoms with van der Waals surface area (Å²) in [7, 11) is 1.94. The second kappa shape index (κ2) is 5.95. The summed E-state index contributed by atoms with van der Waals surface area (Å²) in [6.45, 7) is 0. The fourth-order valence-electron chi connectivity index (χ4n) is 2.95. The van der Waals surface area contributed by atoms with E-state index in [-0.39, 0.29) is 0 Å². The Labute approximate surface area is 112 Å². The van der Waals surface area contributed by atoms with Gasteiger partial charge in [-0.2, -0.15) is 13.2 Å². The van der Waals surface area contributed by atoms with E-state index in [0.717, 1.165) is 12.0 Å². The molecule has 0 radical (unpaired) electrons. The quantitative estimate of drug-likeness (QED) is 0.872. The van der Waals surface area contributed by atoms with Gasteiger partial charge in [-0.1, -0.05) is 25.0 Å². The molecule has 0 aromatic heterocycles. The second-order valence-corrected chi connectivity index (χ2v) is 5.34. The third kappa shape index (κ3) is 3.72. The lowest BCUT2D eigenvalue weighted by Gasteiger charge is -2.23. The van der Waals surface area contributed by atoms with Gasteiger partial charge in [0.1, 0.15) is 0 Å². The highest BCUT2D eigenvalue weighted by Crippen LogP contribution is 2.31. The number of hydrogen-bond acceptors (Lipinski definition) is 1. The predicted molar refractivity (Wildman–Crippen MR) is 70.0 cm³/mol. The van der Waals surface area contributed by atoms with Crippen molar-refractivity contribution in [2.45, 2.75) is 44.3 Å². The Hall–Kier alpha value is -1.03. The molecule has 1 aromatic rings. The highest BCUT2D eigenvalue weighted by Gasteiger charge is 2.30. The molecule has 2 rings (SSSR count). The largest absolute Gasteiger partial charge is 0.416 e. The van der Waals surface area contributed by atoms with Crippen LogP contribution in [0.15, 0.2) is 24.3 Å². The minimum Gasteiger partial charge on any atom is -0.316 e. The SMILES string of the molecule is CNC(Cc1ccc(C(F)(F)F)cc1)C1CCCC1. The molecule has 4 heteroatoms. The molecule has 1 aliphatic carbocycles. The van der Waals surface area contributed by atoms with Crippen molar-refractivity contribution >= 4 is 0 Å². The first-order valence-corrected chi connectivity index (χ1v) is 6.84. The number of hydrogen-bond donors (Lipinski definition) is 1. The Morgan fingerprint density at radius 3 is 2.21 bits per heavy atom. The summed E-state index contributed by atoms with van der Waals surface area (Å²) in [6, 6.07) is 5.93. The lowest BCUT2D eigenvalue weighted by atomic mass is 9.92. The van der Waals surface area contributed by atoms with Crippen molar-refractivity contribution in [2.24, 2.45) is 5.92 Å². The zero-order chi connectivity index (χ0) is 13.9. The molecule has 0 amide bonds. The molecular weight excluding hydrogens is 251 g/mol. The van der Waals surface area contributed by atoms with Gasteiger partial charge in [0.2, 0.25) is 0 Å². The predicted octanol–water partition coefficient (Wildman–Crippen LogP) is 4.03. The van der Waals surface area contributed by atoms with Crippen LogP contribution < -0.4 is 5.32 Å². The van der Waals surface area contributed by atoms with Gasteiger partial charge < -0.3 is 5.32 Å². The molecule has 1 N–H and O–H groups in total. The summed E-state index contributed by atoms with van der Waals surface area (Å²) in [5, 5.41) is 3.32. The topological polar surface area (TPSA) is 12.0 Å². The number of halogens is 3. The number of nitrogens with one attached hydrogen (secondary N) is 1. The van der Waals surface area contributed by atoms with Crippen LogP contribution in [-0.2, 0) is 12.6 Å². The molecular formula is C15H20F3N. The molecule has 1 atom stereocenters. The van der Waals surface area contributed by atoms with Crippen LogP contribution in [0.3, 0.4) is 0 Å². The van der Waals surface area contributed by atoms with Crippen molar-refractivity contribution in [1.82, 2.24) is 5.32 Å². The molecule has 1 nitrogen and oxygen atoms in total. The summed E-state index contributed by atoms with van der Waals surface area (Å²) in [4.78, 5) is 0. The molecule has 0 spiro atoms. The van der Waals surface area contributed by atoms with E-state index in [0.29, 0.717) is 12.0 Å². The molecule has 19 heavy (non-hydrogen) atoms. The highest BCUT2D eigenvalue weighted by atomic mass is 19.4. The Morgan fingerprint density at radius 2 is 1.74 bits per heavy atom. The fourth-order valence-corrected chi connectivity index (χ4v) is 2.95. The Morgan fingerprint density at radius 1 is 1.16 bits per heavy atom. The lowest BCUT2D eigenvalue weighted by Crippen LogP contribution is -2.34. The van der Waals surface area contributed by atoms with Crippen LogP contribution in [0.25, 0.3) is 0 Å². The van der Waals surface area contributed by atoms with E-state index in [4.69, 9.17) is 0 Å². The standard InChI is InChI=1S/C15H20F3N/c1-19-14(12-4-2-3-5-12)10-11-6-8-13(9-7-11)15(16,17)18/h6-9,12,14,19H,2-5,10H2,1H3. The van der Waals surface area contributed by atoms with Crippen LogP contribution in [0.4, 0.5) is 13.2 Å². The first kappa shape index (κ1) is 14.4. The molecule has 1 unspecified atom stereocenters. The van der Waals surface area contributed by atoms with Crippen molar-refractivity contribution in [2.75, 3.05) is 7.05 Å². The van der Waals surface area contributed by atoms with Gasteiger partial charge in [-0.25, -0.2) is 0 Å². The van der Waals surface area contributed by atoms with E-state index < -0.39 is 11.7 Å². The van der Waals surface area contributed by atoms with E-state index in [1.165, 1.54) is 37.8 Å². The minimum atomic E-state index is -4.24. The zero-order valence-corrected chi connectivity index (χ0v) is 11.1. The summed E-state index contributed by atoms with van der Waals surface area (Å²) in [5.74, 6) is 0.660. The molecule has 1 aromatic carbocycles. The van der Waals surface area contributed by atoms with Crippen molar-refractivity contribution in [3.63, 3.8) is 0 Å². The van der Waals surface area contributed by atoms with Crippen molar-refractivity contribution in [3.05, 3.63) is 35.4 Å². The summed E-state index contributed by atoms with van der Waals surface area (Å²) < 4.78 is 37.4. The van der Waals surface area contributed by atoms with Gasteiger partial charge in [0.15, 0.2) is 0 Å². The van der Waals surface area contributed by atoms with Crippen LogP contribution in [0, 0.1) is 5.92 Å². The third-order valence-electron chi connectivity index (χ3n) is 4.08. The maximum absolute atomic E-state index is 12.5. The number of rotatable bonds is 4. The highest BCUT2D eigenvalue weighted by molar-refractivity contribution is 5.25. The normalized spacial score (nSPS) is 18.7. The molecule has 0 saturated heterocycles. The third-order valence-corrected chi connectivity index (χ3v) is 4.08. The lowest BCUT2D eigenvalue weighted by molar-refractivity contribution is -0.137. The molecule has 0 heterocycles. The smallest absolute Gasteiger partial charge is 0.316 e. The van der Waals surface area contributed by atoms with Crippen LogP contribution in [0.5, 0.6) is 0 Å². The average Bonchev–Trinajstić information content (AvgIpc) is 2.89. The Kier molecular flexibility index (Phi) is 4.50. The number of benzene rings is 1.